The van der Waals surface area contributed by atoms with E-state index in [0.717, 1.165) is 10.6 Å². The molecule has 21 heavy (non-hydrogen) atoms. The molecule has 1 aromatic carbocycles. The summed E-state index contributed by atoms with van der Waals surface area (Å²) in [5.41, 5.74) is 0. The van der Waals surface area contributed by atoms with Gasteiger partial charge in [-0.15, -0.1) is 11.8 Å². The first-order valence-corrected chi connectivity index (χ1v) is 7.94. The Hall–Kier alpha value is -1.53. The van der Waals surface area contributed by atoms with Gasteiger partial charge >= 0.3 is 5.97 Å². The van der Waals surface area contributed by atoms with E-state index >= 15 is 0 Å². The first-order valence-electron chi connectivity index (χ1n) is 6.96. The summed E-state index contributed by atoms with van der Waals surface area (Å²) in [7, 11) is 0. The molecule has 1 aliphatic rings. The van der Waals surface area contributed by atoms with Gasteiger partial charge in [0.2, 0.25) is 5.91 Å². The first kappa shape index (κ1) is 15.9. The Balaban J connectivity index is 1.75. The predicted octanol–water partition coefficient (Wildman–Crippen LogP) is 1.61. The highest BCUT2D eigenvalue weighted by Gasteiger charge is 2.38. The van der Waals surface area contributed by atoms with Crippen LogP contribution in [0.15, 0.2) is 35.2 Å². The Morgan fingerprint density at radius 3 is 2.67 bits per heavy atom. The molecule has 1 heterocycles. The molecule has 6 heteroatoms. The van der Waals surface area contributed by atoms with E-state index in [9.17, 15) is 14.7 Å². The zero-order valence-corrected chi connectivity index (χ0v) is 12.5. The number of amides is 1. The fraction of sp³-hybridized carbons (Fsp3) is 0.467. The number of β-amino-alcohol motifs (C(OH)–C–C–N with tert-alkyl or cyclic N) is 1. The number of rotatable bonds is 6. The van der Waals surface area contributed by atoms with Crippen molar-refractivity contribution in [2.45, 2.75) is 36.3 Å². The maximum atomic E-state index is 12.1. The second kappa shape index (κ2) is 7.47. The Morgan fingerprint density at radius 1 is 1.29 bits per heavy atom. The zero-order chi connectivity index (χ0) is 15.2. The van der Waals surface area contributed by atoms with Gasteiger partial charge in [0, 0.05) is 24.3 Å². The van der Waals surface area contributed by atoms with Crippen molar-refractivity contribution in [3.8, 4) is 0 Å². The van der Waals surface area contributed by atoms with Crippen molar-refractivity contribution < 1.29 is 19.8 Å². The summed E-state index contributed by atoms with van der Waals surface area (Å²) in [5.74, 6) is -0.421. The van der Waals surface area contributed by atoms with Gasteiger partial charge in [-0.25, -0.2) is 4.79 Å². The van der Waals surface area contributed by atoms with Crippen molar-refractivity contribution in [1.29, 1.82) is 0 Å². The number of likely N-dealkylation sites (tertiary alicyclic amines) is 1. The van der Waals surface area contributed by atoms with Gasteiger partial charge in [-0.1, -0.05) is 18.2 Å². The van der Waals surface area contributed by atoms with Crippen LogP contribution in [0.4, 0.5) is 0 Å². The summed E-state index contributed by atoms with van der Waals surface area (Å²) >= 11 is 1.68. The summed E-state index contributed by atoms with van der Waals surface area (Å²) < 4.78 is 0. The summed E-state index contributed by atoms with van der Waals surface area (Å²) in [6, 6.07) is 9.05. The van der Waals surface area contributed by atoms with E-state index in [1.807, 2.05) is 30.3 Å². The number of aliphatic hydroxyl groups is 1. The molecule has 2 rings (SSSR count). The van der Waals surface area contributed by atoms with Crippen LogP contribution in [0.2, 0.25) is 0 Å². The molecule has 0 aromatic heterocycles. The van der Waals surface area contributed by atoms with Crippen molar-refractivity contribution >= 4 is 23.6 Å². The standard InChI is InChI=1S/C15H19NO4S/c17-11-9-13(15(19)20)16(10-11)14(18)7-4-8-21-12-5-2-1-3-6-12/h1-3,5-6,11,13,17H,4,7-10H2,(H,19,20)/t11-,13-/m1/s1. The Bertz CT molecular complexity index is 494. The molecule has 1 saturated heterocycles. The molecule has 5 nitrogen and oxygen atoms in total. The van der Waals surface area contributed by atoms with Gasteiger partial charge in [0.05, 0.1) is 6.10 Å². The van der Waals surface area contributed by atoms with E-state index in [-0.39, 0.29) is 18.9 Å². The molecule has 0 saturated carbocycles. The average molecular weight is 309 g/mol. The molecule has 0 radical (unpaired) electrons. The quantitative estimate of drug-likeness (QED) is 0.616. The Kier molecular flexibility index (Phi) is 5.64. The number of carbonyl (C=O) groups is 2. The van der Waals surface area contributed by atoms with E-state index in [4.69, 9.17) is 5.11 Å². The van der Waals surface area contributed by atoms with Gasteiger partial charge in [0.15, 0.2) is 0 Å². The molecule has 1 aromatic rings. The second-order valence-corrected chi connectivity index (χ2v) is 6.22. The minimum Gasteiger partial charge on any atom is -0.480 e. The zero-order valence-electron chi connectivity index (χ0n) is 11.6. The predicted molar refractivity (Wildman–Crippen MR) is 80.2 cm³/mol. The summed E-state index contributed by atoms with van der Waals surface area (Å²) in [6.45, 7) is 0.127. The third-order valence-electron chi connectivity index (χ3n) is 3.43. The number of aliphatic hydroxyl groups excluding tert-OH is 1. The molecular formula is C15H19NO4S. The largest absolute Gasteiger partial charge is 0.480 e. The molecule has 1 aliphatic heterocycles. The van der Waals surface area contributed by atoms with Gasteiger partial charge < -0.3 is 15.1 Å². The van der Waals surface area contributed by atoms with E-state index in [0.29, 0.717) is 12.8 Å². The number of thioether (sulfide) groups is 1. The number of nitrogens with zero attached hydrogens (tertiary/aromatic N) is 1. The molecular weight excluding hydrogens is 290 g/mol. The molecule has 1 fully saturated rings. The van der Waals surface area contributed by atoms with Crippen LogP contribution in [0.5, 0.6) is 0 Å². The van der Waals surface area contributed by atoms with Crippen molar-refractivity contribution in [2.24, 2.45) is 0 Å². The molecule has 2 atom stereocenters. The molecule has 1 amide bonds. The SMILES string of the molecule is O=C(O)[C@H]1C[C@@H](O)CN1C(=O)CCCSc1ccccc1. The van der Waals surface area contributed by atoms with Crippen molar-refractivity contribution in [1.82, 2.24) is 4.90 Å². The van der Waals surface area contributed by atoms with Crippen LogP contribution < -0.4 is 0 Å². The molecule has 0 aliphatic carbocycles. The van der Waals surface area contributed by atoms with Gasteiger partial charge in [-0.2, -0.15) is 0 Å². The van der Waals surface area contributed by atoms with Crippen molar-refractivity contribution in [2.75, 3.05) is 12.3 Å². The maximum Gasteiger partial charge on any atom is 0.326 e. The molecule has 2 N–H and O–H groups in total. The summed E-state index contributed by atoms with van der Waals surface area (Å²) in [6.07, 6.45) is 0.404. The molecule has 114 valence electrons. The third-order valence-corrected chi connectivity index (χ3v) is 4.53. The van der Waals surface area contributed by atoms with Crippen LogP contribution in [-0.4, -0.2) is 51.4 Å². The number of carboxylic acids is 1. The van der Waals surface area contributed by atoms with E-state index in [1.54, 1.807) is 11.8 Å². The van der Waals surface area contributed by atoms with Crippen molar-refractivity contribution in [3.63, 3.8) is 0 Å². The number of carboxylic acid groups (broad SMARTS) is 1. The van der Waals surface area contributed by atoms with Crippen LogP contribution in [0, 0.1) is 0 Å². The third kappa shape index (κ3) is 4.47. The van der Waals surface area contributed by atoms with Crippen LogP contribution in [0.3, 0.4) is 0 Å². The topological polar surface area (TPSA) is 77.8 Å². The highest BCUT2D eigenvalue weighted by molar-refractivity contribution is 7.99. The summed E-state index contributed by atoms with van der Waals surface area (Å²) in [5, 5.41) is 18.6. The number of carbonyl (C=O) groups excluding carboxylic acids is 1. The van der Waals surface area contributed by atoms with Gasteiger partial charge in [-0.05, 0) is 24.3 Å². The Morgan fingerprint density at radius 2 is 2.00 bits per heavy atom. The lowest BCUT2D eigenvalue weighted by molar-refractivity contribution is -0.148. The lowest BCUT2D eigenvalue weighted by atomic mass is 10.2. The highest BCUT2D eigenvalue weighted by Crippen LogP contribution is 2.22. The molecule has 0 bridgehead atoms. The minimum absolute atomic E-state index is 0.125. The van der Waals surface area contributed by atoms with E-state index in [2.05, 4.69) is 0 Å². The van der Waals surface area contributed by atoms with E-state index in [1.165, 1.54) is 4.90 Å². The average Bonchev–Trinajstić information content (AvgIpc) is 2.87. The second-order valence-electron chi connectivity index (χ2n) is 5.05. The monoisotopic (exact) mass is 309 g/mol. The minimum atomic E-state index is -1.04. The number of benzene rings is 1. The van der Waals surface area contributed by atoms with Crippen LogP contribution in [0.25, 0.3) is 0 Å². The normalized spacial score (nSPS) is 21.5. The fourth-order valence-electron chi connectivity index (χ4n) is 2.40. The van der Waals surface area contributed by atoms with Crippen LogP contribution in [-0.2, 0) is 9.59 Å². The van der Waals surface area contributed by atoms with Gasteiger partial charge in [-0.3, -0.25) is 4.79 Å². The lowest BCUT2D eigenvalue weighted by Gasteiger charge is -2.21. The Labute approximate surface area is 128 Å². The van der Waals surface area contributed by atoms with Crippen LogP contribution in [0.1, 0.15) is 19.3 Å². The smallest absolute Gasteiger partial charge is 0.326 e. The number of aliphatic carboxylic acids is 1. The van der Waals surface area contributed by atoms with Gasteiger partial charge in [0.1, 0.15) is 6.04 Å². The van der Waals surface area contributed by atoms with Gasteiger partial charge in [0.25, 0.3) is 0 Å². The first-order chi connectivity index (χ1) is 10.1. The number of hydrogen-bond acceptors (Lipinski definition) is 4. The molecule has 0 unspecified atom stereocenters. The number of hydrogen-bond donors (Lipinski definition) is 2. The van der Waals surface area contributed by atoms with Crippen molar-refractivity contribution in [3.05, 3.63) is 30.3 Å². The van der Waals surface area contributed by atoms with E-state index < -0.39 is 18.1 Å². The lowest BCUT2D eigenvalue weighted by Crippen LogP contribution is -2.40. The summed E-state index contributed by atoms with van der Waals surface area (Å²) in [4.78, 5) is 25.6. The highest BCUT2D eigenvalue weighted by atomic mass is 32.2. The van der Waals surface area contributed by atoms with Crippen LogP contribution >= 0.6 is 11.8 Å². The molecule has 0 spiro atoms. The fourth-order valence-corrected chi connectivity index (χ4v) is 3.27. The maximum absolute atomic E-state index is 12.1.